The summed E-state index contributed by atoms with van der Waals surface area (Å²) in [5, 5.41) is 2.55. The lowest BCUT2D eigenvalue weighted by Gasteiger charge is -2.10. The van der Waals surface area contributed by atoms with E-state index in [2.05, 4.69) is 55.4 Å². The Morgan fingerprint density at radius 3 is 2.73 bits per heavy atom. The summed E-state index contributed by atoms with van der Waals surface area (Å²) in [6.07, 6.45) is 1.10. The molecule has 0 N–H and O–H groups in total. The molecular formula is C14H16N. The molecule has 0 spiro atoms. The van der Waals surface area contributed by atoms with E-state index in [1.807, 2.05) is 6.07 Å². The molecule has 2 rings (SSSR count). The first-order chi connectivity index (χ1) is 7.27. The Labute approximate surface area is 91.3 Å². The van der Waals surface area contributed by atoms with E-state index < -0.39 is 0 Å². The van der Waals surface area contributed by atoms with Crippen LogP contribution in [0.4, 0.5) is 0 Å². The summed E-state index contributed by atoms with van der Waals surface area (Å²) in [5.74, 6) is 0. The number of benzene rings is 2. The van der Waals surface area contributed by atoms with Gasteiger partial charge in [0.25, 0.3) is 0 Å². The standard InChI is InChI=1S/C14H16N/c1-15(2)11-10-13-8-5-7-12-6-3-4-9-14(12)13/h3-6,8-9H,10-11H2,1-2H3. The Morgan fingerprint density at radius 1 is 1.13 bits per heavy atom. The van der Waals surface area contributed by atoms with Crippen LogP contribution in [-0.2, 0) is 6.42 Å². The van der Waals surface area contributed by atoms with Gasteiger partial charge in [-0.05, 0) is 42.9 Å². The predicted molar refractivity (Wildman–Crippen MR) is 65.0 cm³/mol. The van der Waals surface area contributed by atoms with E-state index in [0.29, 0.717) is 0 Å². The van der Waals surface area contributed by atoms with Crippen molar-refractivity contribution in [3.8, 4) is 0 Å². The Bertz CT molecular complexity index is 441. The normalized spacial score (nSPS) is 11.1. The van der Waals surface area contributed by atoms with Gasteiger partial charge in [0.05, 0.1) is 0 Å². The molecule has 2 aromatic carbocycles. The number of rotatable bonds is 3. The van der Waals surface area contributed by atoms with Gasteiger partial charge < -0.3 is 4.90 Å². The van der Waals surface area contributed by atoms with Crippen LogP contribution in [0.25, 0.3) is 10.8 Å². The number of fused-ring (bicyclic) bond motifs is 1. The van der Waals surface area contributed by atoms with E-state index in [1.165, 1.54) is 16.3 Å². The molecule has 0 fully saturated rings. The van der Waals surface area contributed by atoms with E-state index in [4.69, 9.17) is 0 Å². The molecule has 77 valence electrons. The zero-order valence-corrected chi connectivity index (χ0v) is 9.33. The van der Waals surface area contributed by atoms with Crippen LogP contribution in [-0.4, -0.2) is 25.5 Å². The molecule has 2 aromatic rings. The van der Waals surface area contributed by atoms with E-state index in [-0.39, 0.29) is 0 Å². The van der Waals surface area contributed by atoms with Crippen LogP contribution in [0.5, 0.6) is 0 Å². The average molecular weight is 198 g/mol. The molecule has 1 radical (unpaired) electrons. The highest BCUT2D eigenvalue weighted by Crippen LogP contribution is 2.18. The Hall–Kier alpha value is -1.34. The van der Waals surface area contributed by atoms with E-state index in [9.17, 15) is 0 Å². The molecule has 0 unspecified atom stereocenters. The van der Waals surface area contributed by atoms with Crippen LogP contribution < -0.4 is 0 Å². The van der Waals surface area contributed by atoms with Crippen molar-refractivity contribution in [2.45, 2.75) is 6.42 Å². The molecule has 0 atom stereocenters. The molecule has 0 aliphatic carbocycles. The highest BCUT2D eigenvalue weighted by molar-refractivity contribution is 5.85. The van der Waals surface area contributed by atoms with Gasteiger partial charge in [-0.1, -0.05) is 36.4 Å². The van der Waals surface area contributed by atoms with E-state index in [0.717, 1.165) is 13.0 Å². The zero-order chi connectivity index (χ0) is 10.7. The lowest BCUT2D eigenvalue weighted by atomic mass is 10.0. The van der Waals surface area contributed by atoms with Crippen LogP contribution in [0.3, 0.4) is 0 Å². The Kier molecular flexibility index (Phi) is 3.02. The quantitative estimate of drug-likeness (QED) is 0.733. The molecule has 1 nitrogen and oxygen atoms in total. The third kappa shape index (κ3) is 2.37. The molecule has 0 heterocycles. The first-order valence-corrected chi connectivity index (χ1v) is 5.30. The minimum Gasteiger partial charge on any atom is -0.309 e. The molecule has 0 saturated heterocycles. The van der Waals surface area contributed by atoms with Crippen molar-refractivity contribution in [1.82, 2.24) is 4.90 Å². The fourth-order valence-corrected chi connectivity index (χ4v) is 1.77. The molecule has 0 aromatic heterocycles. The van der Waals surface area contributed by atoms with Gasteiger partial charge in [0.1, 0.15) is 0 Å². The van der Waals surface area contributed by atoms with Crippen molar-refractivity contribution in [1.29, 1.82) is 0 Å². The van der Waals surface area contributed by atoms with Crippen molar-refractivity contribution in [2.24, 2.45) is 0 Å². The molecule has 0 aliphatic heterocycles. The molecular weight excluding hydrogens is 182 g/mol. The van der Waals surface area contributed by atoms with Crippen LogP contribution >= 0.6 is 0 Å². The number of likely N-dealkylation sites (N-methyl/N-ethyl adjacent to an activating group) is 1. The molecule has 0 saturated carbocycles. The Balaban J connectivity index is 2.34. The van der Waals surface area contributed by atoms with Gasteiger partial charge in [0.15, 0.2) is 0 Å². The van der Waals surface area contributed by atoms with E-state index in [1.54, 1.807) is 0 Å². The minimum absolute atomic E-state index is 1.09. The summed E-state index contributed by atoms with van der Waals surface area (Å²) in [4.78, 5) is 2.21. The van der Waals surface area contributed by atoms with Gasteiger partial charge in [-0.25, -0.2) is 0 Å². The fraction of sp³-hybridized carbons (Fsp3) is 0.286. The summed E-state index contributed by atoms with van der Waals surface area (Å²) in [5.41, 5.74) is 1.41. The lowest BCUT2D eigenvalue weighted by Crippen LogP contribution is -2.15. The van der Waals surface area contributed by atoms with Crippen molar-refractivity contribution >= 4 is 10.8 Å². The maximum atomic E-state index is 3.27. The maximum absolute atomic E-state index is 3.27. The van der Waals surface area contributed by atoms with Crippen LogP contribution in [0, 0.1) is 6.07 Å². The minimum atomic E-state index is 1.09. The number of hydrogen-bond donors (Lipinski definition) is 0. The van der Waals surface area contributed by atoms with Gasteiger partial charge in [-0.15, -0.1) is 0 Å². The fourth-order valence-electron chi connectivity index (χ4n) is 1.77. The predicted octanol–water partition coefficient (Wildman–Crippen LogP) is 2.74. The summed E-state index contributed by atoms with van der Waals surface area (Å²) in [6, 6.07) is 15.9. The van der Waals surface area contributed by atoms with Gasteiger partial charge in [-0.2, -0.15) is 0 Å². The topological polar surface area (TPSA) is 3.24 Å². The van der Waals surface area contributed by atoms with Crippen molar-refractivity contribution < 1.29 is 0 Å². The van der Waals surface area contributed by atoms with Gasteiger partial charge in [0.2, 0.25) is 0 Å². The number of hydrogen-bond acceptors (Lipinski definition) is 1. The summed E-state index contributed by atoms with van der Waals surface area (Å²) in [7, 11) is 4.22. The smallest absolute Gasteiger partial charge is 0.00159 e. The van der Waals surface area contributed by atoms with Crippen LogP contribution in [0.2, 0.25) is 0 Å². The van der Waals surface area contributed by atoms with Gasteiger partial charge in [-0.3, -0.25) is 0 Å². The second-order valence-electron chi connectivity index (χ2n) is 4.10. The molecule has 0 amide bonds. The largest absolute Gasteiger partial charge is 0.309 e. The highest BCUT2D eigenvalue weighted by atomic mass is 15.0. The summed E-state index contributed by atoms with van der Waals surface area (Å²) >= 11 is 0. The molecule has 0 bridgehead atoms. The first kappa shape index (κ1) is 10.2. The maximum Gasteiger partial charge on any atom is 0.00159 e. The monoisotopic (exact) mass is 198 g/mol. The van der Waals surface area contributed by atoms with Gasteiger partial charge >= 0.3 is 0 Å². The third-order valence-corrected chi connectivity index (χ3v) is 2.62. The molecule has 15 heavy (non-hydrogen) atoms. The second kappa shape index (κ2) is 4.45. The highest BCUT2D eigenvalue weighted by Gasteiger charge is 2.00. The zero-order valence-electron chi connectivity index (χ0n) is 9.33. The second-order valence-corrected chi connectivity index (χ2v) is 4.10. The third-order valence-electron chi connectivity index (χ3n) is 2.62. The molecule has 1 heteroatoms. The Morgan fingerprint density at radius 2 is 1.93 bits per heavy atom. The first-order valence-electron chi connectivity index (χ1n) is 5.30. The average Bonchev–Trinajstić information content (AvgIpc) is 2.26. The summed E-state index contributed by atoms with van der Waals surface area (Å²) in [6.45, 7) is 1.09. The van der Waals surface area contributed by atoms with E-state index >= 15 is 0 Å². The van der Waals surface area contributed by atoms with Crippen molar-refractivity contribution in [2.75, 3.05) is 20.6 Å². The SMILES string of the molecule is CN(C)CCc1cc[c]c2ccccc12. The van der Waals surface area contributed by atoms with Gasteiger partial charge in [0, 0.05) is 6.54 Å². The lowest BCUT2D eigenvalue weighted by molar-refractivity contribution is 0.414. The summed E-state index contributed by atoms with van der Waals surface area (Å²) < 4.78 is 0. The van der Waals surface area contributed by atoms with Crippen molar-refractivity contribution in [3.05, 3.63) is 48.0 Å². The van der Waals surface area contributed by atoms with Crippen molar-refractivity contribution in [3.63, 3.8) is 0 Å². The molecule has 0 aliphatic rings. The van der Waals surface area contributed by atoms with Crippen LogP contribution in [0.1, 0.15) is 5.56 Å². The van der Waals surface area contributed by atoms with Crippen LogP contribution in [0.15, 0.2) is 36.4 Å². The number of nitrogens with zero attached hydrogens (tertiary/aromatic N) is 1.